The quantitative estimate of drug-likeness (QED) is 0.824. The predicted molar refractivity (Wildman–Crippen MR) is 78.7 cm³/mol. The van der Waals surface area contributed by atoms with Crippen molar-refractivity contribution in [3.8, 4) is 5.69 Å². The summed E-state index contributed by atoms with van der Waals surface area (Å²) in [7, 11) is 0. The van der Waals surface area contributed by atoms with E-state index in [4.69, 9.17) is 16.7 Å². The molecule has 5 nitrogen and oxygen atoms in total. The van der Waals surface area contributed by atoms with Crippen molar-refractivity contribution >= 4 is 29.3 Å². The molecule has 0 radical (unpaired) electrons. The van der Waals surface area contributed by atoms with Crippen LogP contribution in [0.3, 0.4) is 0 Å². The Balaban J connectivity index is 2.50. The zero-order chi connectivity index (χ0) is 15.4. The number of aromatic nitrogens is 3. The van der Waals surface area contributed by atoms with E-state index in [1.165, 1.54) is 10.6 Å². The molecule has 0 fully saturated rings. The molecule has 0 amide bonds. The summed E-state index contributed by atoms with van der Waals surface area (Å²) >= 11 is 6.80. The highest BCUT2D eigenvalue weighted by molar-refractivity contribution is 7.99. The third kappa shape index (κ3) is 3.54. The molecule has 0 bridgehead atoms. The monoisotopic (exact) mass is 329 g/mol. The zero-order valence-electron chi connectivity index (χ0n) is 11.2. The number of carboxylic acids is 1. The van der Waals surface area contributed by atoms with Crippen LogP contribution in [0, 0.1) is 5.82 Å². The highest BCUT2D eigenvalue weighted by atomic mass is 35.5. The van der Waals surface area contributed by atoms with Crippen LogP contribution in [-0.4, -0.2) is 31.6 Å². The van der Waals surface area contributed by atoms with Gasteiger partial charge in [0.15, 0.2) is 11.0 Å². The van der Waals surface area contributed by atoms with Crippen LogP contribution < -0.4 is 0 Å². The summed E-state index contributed by atoms with van der Waals surface area (Å²) < 4.78 is 15.8. The van der Waals surface area contributed by atoms with Crippen LogP contribution in [0.15, 0.2) is 23.4 Å². The van der Waals surface area contributed by atoms with Gasteiger partial charge in [0.1, 0.15) is 5.82 Å². The van der Waals surface area contributed by atoms with Crippen molar-refractivity contribution in [2.75, 3.05) is 5.75 Å². The number of thioether (sulfide) groups is 1. The third-order valence-corrected chi connectivity index (χ3v) is 3.88. The van der Waals surface area contributed by atoms with Gasteiger partial charge in [-0.3, -0.25) is 9.36 Å². The molecule has 0 spiro atoms. The molecular weight excluding hydrogens is 317 g/mol. The third-order valence-electron chi connectivity index (χ3n) is 2.67. The molecular formula is C13H13ClFN3O2S. The summed E-state index contributed by atoms with van der Waals surface area (Å²) in [6, 6.07) is 4.64. The van der Waals surface area contributed by atoms with Crippen LogP contribution >= 0.6 is 23.4 Å². The Labute approximate surface area is 130 Å². The first-order chi connectivity index (χ1) is 10.0. The van der Waals surface area contributed by atoms with Gasteiger partial charge in [0, 0.05) is 6.42 Å². The summed E-state index contributed by atoms with van der Waals surface area (Å²) in [4.78, 5) is 10.7. The fraction of sp³-hybridized carbons (Fsp3) is 0.308. The molecule has 1 aromatic heterocycles. The topological polar surface area (TPSA) is 68.0 Å². The molecule has 0 saturated heterocycles. The largest absolute Gasteiger partial charge is 0.481 e. The lowest BCUT2D eigenvalue weighted by atomic mass is 10.2. The van der Waals surface area contributed by atoms with E-state index in [-0.39, 0.29) is 16.5 Å². The second-order valence-electron chi connectivity index (χ2n) is 4.24. The Kier molecular flexibility index (Phi) is 5.19. The van der Waals surface area contributed by atoms with Crippen LogP contribution in [0.5, 0.6) is 0 Å². The van der Waals surface area contributed by atoms with E-state index in [2.05, 4.69) is 10.2 Å². The SMILES string of the molecule is CCCc1nnc(SCC(=O)O)n1-c1cccc(Cl)c1F. The van der Waals surface area contributed by atoms with Crippen LogP contribution in [0.25, 0.3) is 5.69 Å². The lowest BCUT2D eigenvalue weighted by Crippen LogP contribution is -2.07. The molecule has 2 aromatic rings. The first-order valence-corrected chi connectivity index (χ1v) is 7.64. The van der Waals surface area contributed by atoms with Crippen molar-refractivity contribution in [3.63, 3.8) is 0 Å². The smallest absolute Gasteiger partial charge is 0.313 e. The van der Waals surface area contributed by atoms with E-state index in [0.29, 0.717) is 17.4 Å². The molecule has 1 heterocycles. The maximum atomic E-state index is 14.2. The molecule has 0 unspecified atom stereocenters. The van der Waals surface area contributed by atoms with Crippen molar-refractivity contribution in [3.05, 3.63) is 34.9 Å². The fourth-order valence-corrected chi connectivity index (χ4v) is 2.67. The van der Waals surface area contributed by atoms with E-state index >= 15 is 0 Å². The van der Waals surface area contributed by atoms with Gasteiger partial charge in [0.25, 0.3) is 0 Å². The van der Waals surface area contributed by atoms with Gasteiger partial charge in [0.05, 0.1) is 16.5 Å². The summed E-state index contributed by atoms with van der Waals surface area (Å²) in [5.41, 5.74) is 0.226. The minimum Gasteiger partial charge on any atom is -0.481 e. The predicted octanol–water partition coefficient (Wildman–Crippen LogP) is 3.19. The molecule has 0 atom stereocenters. The minimum atomic E-state index is -0.974. The second kappa shape index (κ2) is 6.91. The Morgan fingerprint density at radius 1 is 1.48 bits per heavy atom. The average Bonchev–Trinajstić information content (AvgIpc) is 2.83. The molecule has 0 aliphatic heterocycles. The average molecular weight is 330 g/mol. The maximum absolute atomic E-state index is 14.2. The van der Waals surface area contributed by atoms with Crippen LogP contribution in [0.2, 0.25) is 5.02 Å². The number of nitrogens with zero attached hydrogens (tertiary/aromatic N) is 3. The highest BCUT2D eigenvalue weighted by Crippen LogP contribution is 2.27. The number of carboxylic acid groups (broad SMARTS) is 1. The van der Waals surface area contributed by atoms with E-state index in [0.717, 1.165) is 18.2 Å². The highest BCUT2D eigenvalue weighted by Gasteiger charge is 2.18. The Morgan fingerprint density at radius 2 is 2.24 bits per heavy atom. The van der Waals surface area contributed by atoms with Gasteiger partial charge in [-0.1, -0.05) is 36.4 Å². The molecule has 1 aromatic carbocycles. The van der Waals surface area contributed by atoms with Crippen molar-refractivity contribution in [1.82, 2.24) is 14.8 Å². The van der Waals surface area contributed by atoms with E-state index in [9.17, 15) is 9.18 Å². The van der Waals surface area contributed by atoms with Crippen LogP contribution in [0.1, 0.15) is 19.2 Å². The lowest BCUT2D eigenvalue weighted by Gasteiger charge is -2.11. The van der Waals surface area contributed by atoms with Crippen molar-refractivity contribution in [1.29, 1.82) is 0 Å². The first-order valence-electron chi connectivity index (χ1n) is 6.27. The summed E-state index contributed by atoms with van der Waals surface area (Å²) in [6.45, 7) is 1.97. The minimum absolute atomic E-state index is 0.00201. The van der Waals surface area contributed by atoms with E-state index < -0.39 is 11.8 Å². The molecule has 21 heavy (non-hydrogen) atoms. The Bertz CT molecular complexity index is 663. The number of aliphatic carboxylic acids is 1. The summed E-state index contributed by atoms with van der Waals surface area (Å²) in [5, 5.41) is 17.1. The molecule has 1 N–H and O–H groups in total. The van der Waals surface area contributed by atoms with Crippen LogP contribution in [-0.2, 0) is 11.2 Å². The molecule has 0 saturated carbocycles. The second-order valence-corrected chi connectivity index (χ2v) is 5.59. The van der Waals surface area contributed by atoms with Gasteiger partial charge in [-0.2, -0.15) is 0 Å². The normalized spacial score (nSPS) is 10.8. The van der Waals surface area contributed by atoms with Gasteiger partial charge in [0.2, 0.25) is 0 Å². The Hall–Kier alpha value is -1.60. The number of carbonyl (C=O) groups is 1. The van der Waals surface area contributed by atoms with Crippen molar-refractivity contribution < 1.29 is 14.3 Å². The van der Waals surface area contributed by atoms with Crippen molar-refractivity contribution in [2.45, 2.75) is 24.9 Å². The number of rotatable bonds is 6. The maximum Gasteiger partial charge on any atom is 0.313 e. The van der Waals surface area contributed by atoms with Crippen LogP contribution in [0.4, 0.5) is 4.39 Å². The van der Waals surface area contributed by atoms with Gasteiger partial charge >= 0.3 is 5.97 Å². The molecule has 8 heteroatoms. The van der Waals surface area contributed by atoms with Gasteiger partial charge in [-0.25, -0.2) is 4.39 Å². The summed E-state index contributed by atoms with van der Waals surface area (Å²) in [6.07, 6.45) is 1.41. The Morgan fingerprint density at radius 3 is 2.90 bits per heavy atom. The van der Waals surface area contributed by atoms with Gasteiger partial charge in [-0.15, -0.1) is 10.2 Å². The zero-order valence-corrected chi connectivity index (χ0v) is 12.8. The molecule has 112 valence electrons. The van der Waals surface area contributed by atoms with E-state index in [1.54, 1.807) is 12.1 Å². The molecule has 2 rings (SSSR count). The number of hydrogen-bond acceptors (Lipinski definition) is 4. The van der Waals surface area contributed by atoms with Gasteiger partial charge < -0.3 is 5.11 Å². The lowest BCUT2D eigenvalue weighted by molar-refractivity contribution is -0.133. The fourth-order valence-electron chi connectivity index (χ4n) is 1.81. The molecule has 0 aliphatic carbocycles. The van der Waals surface area contributed by atoms with Crippen molar-refractivity contribution in [2.24, 2.45) is 0 Å². The first kappa shape index (κ1) is 15.8. The number of halogens is 2. The summed E-state index contributed by atoms with van der Waals surface area (Å²) in [5.74, 6) is -1.15. The molecule has 0 aliphatic rings. The number of aryl methyl sites for hydroxylation is 1. The van der Waals surface area contributed by atoms with E-state index in [1.807, 2.05) is 6.92 Å². The number of benzene rings is 1. The standard InChI is InChI=1S/C13H13ClFN3O2S/c1-2-4-10-16-17-13(21-7-11(19)20)18(10)9-6-3-5-8(14)12(9)15/h3,5-6H,2,4,7H2,1H3,(H,19,20). The van der Waals surface area contributed by atoms with Gasteiger partial charge in [-0.05, 0) is 18.6 Å². The number of hydrogen-bond donors (Lipinski definition) is 1.